The lowest BCUT2D eigenvalue weighted by molar-refractivity contribution is 0.0921. The van der Waals surface area contributed by atoms with Crippen molar-refractivity contribution in [1.82, 2.24) is 5.32 Å². The Hall–Kier alpha value is -2.37. The second kappa shape index (κ2) is 8.14. The van der Waals surface area contributed by atoms with Crippen molar-refractivity contribution in [2.45, 2.75) is 17.2 Å². The molecule has 0 saturated carbocycles. The van der Waals surface area contributed by atoms with Crippen LogP contribution in [0.5, 0.6) is 0 Å². The lowest BCUT2D eigenvalue weighted by Gasteiger charge is -2.04. The van der Waals surface area contributed by atoms with Gasteiger partial charge >= 0.3 is 0 Å². The molecule has 0 saturated heterocycles. The molecule has 3 rings (SSSR count). The van der Waals surface area contributed by atoms with Gasteiger partial charge < -0.3 is 9.73 Å². The Morgan fingerprint density at radius 2 is 1.72 bits per heavy atom. The molecule has 1 heterocycles. The van der Waals surface area contributed by atoms with E-state index in [-0.39, 0.29) is 17.4 Å². The third-order valence-corrected chi connectivity index (χ3v) is 5.13. The fraction of sp³-hybridized carbons (Fsp3) is 0.105. The highest BCUT2D eigenvalue weighted by Crippen LogP contribution is 2.15. The smallest absolute Gasteiger partial charge is 0.287 e. The molecule has 25 heavy (non-hydrogen) atoms. The molecule has 6 heteroatoms. The Bertz CT molecular complexity index is 875. The molecule has 0 bridgehead atoms. The maximum absolute atomic E-state index is 12.3. The van der Waals surface area contributed by atoms with Crippen molar-refractivity contribution in [2.75, 3.05) is 0 Å². The molecule has 3 aromatic rings. The third kappa shape index (κ3) is 4.81. The SMILES string of the molecule is O=C(NCc1ccc(Cl)cc1)c1ccc(C[S@@](=O)c2ccccc2)o1. The minimum Gasteiger partial charge on any atom is -0.455 e. The van der Waals surface area contributed by atoms with Crippen LogP contribution in [0.25, 0.3) is 0 Å². The Morgan fingerprint density at radius 3 is 2.44 bits per heavy atom. The number of carbonyl (C=O) groups excluding carboxylic acids is 1. The van der Waals surface area contributed by atoms with Crippen molar-refractivity contribution in [1.29, 1.82) is 0 Å². The molecular weight excluding hydrogens is 358 g/mol. The Balaban J connectivity index is 1.58. The Morgan fingerprint density at radius 1 is 1.00 bits per heavy atom. The average molecular weight is 374 g/mol. The molecule has 1 atom stereocenters. The van der Waals surface area contributed by atoms with Gasteiger partial charge in [0.25, 0.3) is 5.91 Å². The second-order valence-electron chi connectivity index (χ2n) is 5.38. The number of benzene rings is 2. The molecule has 0 fully saturated rings. The summed E-state index contributed by atoms with van der Waals surface area (Å²) in [6.45, 7) is 0.377. The number of hydrogen-bond acceptors (Lipinski definition) is 3. The first-order valence-electron chi connectivity index (χ1n) is 7.66. The van der Waals surface area contributed by atoms with E-state index in [1.165, 1.54) is 0 Å². The second-order valence-corrected chi connectivity index (χ2v) is 7.27. The summed E-state index contributed by atoms with van der Waals surface area (Å²) in [6.07, 6.45) is 0. The summed E-state index contributed by atoms with van der Waals surface area (Å²) in [7, 11) is -1.21. The summed E-state index contributed by atoms with van der Waals surface area (Å²) >= 11 is 5.83. The Kier molecular flexibility index (Phi) is 5.68. The van der Waals surface area contributed by atoms with E-state index in [4.69, 9.17) is 16.0 Å². The molecule has 0 unspecified atom stereocenters. The summed E-state index contributed by atoms with van der Waals surface area (Å²) in [6, 6.07) is 19.7. The number of hydrogen-bond donors (Lipinski definition) is 1. The molecule has 0 aliphatic heterocycles. The largest absolute Gasteiger partial charge is 0.455 e. The van der Waals surface area contributed by atoms with Gasteiger partial charge in [-0.3, -0.25) is 9.00 Å². The number of furan rings is 1. The number of nitrogens with one attached hydrogen (secondary N) is 1. The minimum absolute atomic E-state index is 0.203. The van der Waals surface area contributed by atoms with Crippen LogP contribution < -0.4 is 5.32 Å². The summed E-state index contributed by atoms with van der Waals surface area (Å²) in [5.74, 6) is 0.633. The summed E-state index contributed by atoms with van der Waals surface area (Å²) in [5.41, 5.74) is 0.940. The van der Waals surface area contributed by atoms with Gasteiger partial charge in [-0.25, -0.2) is 0 Å². The van der Waals surface area contributed by atoms with Gasteiger partial charge in [0.05, 0.1) is 16.6 Å². The lowest BCUT2D eigenvalue weighted by atomic mass is 10.2. The zero-order valence-corrected chi connectivity index (χ0v) is 14.8. The molecular formula is C19H16ClNO3S. The molecule has 2 aromatic carbocycles. The van der Waals surface area contributed by atoms with Crippen LogP contribution >= 0.6 is 11.6 Å². The maximum atomic E-state index is 12.3. The molecule has 1 aromatic heterocycles. The van der Waals surface area contributed by atoms with E-state index >= 15 is 0 Å². The van der Waals surface area contributed by atoms with Gasteiger partial charge in [0.2, 0.25) is 0 Å². The molecule has 0 radical (unpaired) electrons. The van der Waals surface area contributed by atoms with Crippen molar-refractivity contribution in [2.24, 2.45) is 0 Å². The van der Waals surface area contributed by atoms with E-state index in [1.807, 2.05) is 30.3 Å². The van der Waals surface area contributed by atoms with Crippen LogP contribution in [0.15, 0.2) is 76.0 Å². The van der Waals surface area contributed by atoms with Gasteiger partial charge in [0.15, 0.2) is 5.76 Å². The highest BCUT2D eigenvalue weighted by atomic mass is 35.5. The standard InChI is InChI=1S/C19H16ClNO3S/c20-15-8-6-14(7-9-15)12-21-19(22)18-11-10-16(24-18)13-25(23)17-4-2-1-3-5-17/h1-11H,12-13H2,(H,21,22)/t25-/m1/s1. The fourth-order valence-electron chi connectivity index (χ4n) is 2.23. The van der Waals surface area contributed by atoms with E-state index < -0.39 is 10.8 Å². The zero-order valence-electron chi connectivity index (χ0n) is 13.3. The quantitative estimate of drug-likeness (QED) is 0.705. The first-order chi connectivity index (χ1) is 12.1. The van der Waals surface area contributed by atoms with Gasteiger partial charge in [0, 0.05) is 16.5 Å². The number of rotatable bonds is 6. The topological polar surface area (TPSA) is 59.3 Å². The highest BCUT2D eigenvalue weighted by molar-refractivity contribution is 7.84. The predicted molar refractivity (Wildman–Crippen MR) is 97.9 cm³/mol. The van der Waals surface area contributed by atoms with Crippen LogP contribution in [0.4, 0.5) is 0 Å². The molecule has 4 nitrogen and oxygen atoms in total. The van der Waals surface area contributed by atoms with Crippen molar-refractivity contribution < 1.29 is 13.4 Å². The molecule has 1 amide bonds. The van der Waals surface area contributed by atoms with Crippen LogP contribution in [-0.2, 0) is 23.1 Å². The van der Waals surface area contributed by atoms with Crippen LogP contribution in [0.3, 0.4) is 0 Å². The minimum atomic E-state index is -1.21. The molecule has 1 N–H and O–H groups in total. The van der Waals surface area contributed by atoms with Gasteiger partial charge in [-0.1, -0.05) is 41.9 Å². The number of amides is 1. The van der Waals surface area contributed by atoms with Crippen molar-refractivity contribution in [3.8, 4) is 0 Å². The highest BCUT2D eigenvalue weighted by Gasteiger charge is 2.13. The maximum Gasteiger partial charge on any atom is 0.287 e. The molecule has 128 valence electrons. The third-order valence-electron chi connectivity index (χ3n) is 3.53. The Labute approximate surface area is 153 Å². The zero-order chi connectivity index (χ0) is 17.6. The van der Waals surface area contributed by atoms with Gasteiger partial charge in [-0.15, -0.1) is 0 Å². The van der Waals surface area contributed by atoms with E-state index in [9.17, 15) is 9.00 Å². The first kappa shape index (κ1) is 17.5. The summed E-state index contributed by atoms with van der Waals surface area (Å²) < 4.78 is 17.8. The van der Waals surface area contributed by atoms with Gasteiger partial charge in [0.1, 0.15) is 5.76 Å². The van der Waals surface area contributed by atoms with Gasteiger partial charge in [-0.05, 0) is 42.0 Å². The monoisotopic (exact) mass is 373 g/mol. The van der Waals surface area contributed by atoms with Crippen molar-refractivity contribution >= 4 is 28.3 Å². The van der Waals surface area contributed by atoms with Crippen molar-refractivity contribution in [3.05, 3.63) is 88.8 Å². The van der Waals surface area contributed by atoms with Crippen LogP contribution in [-0.4, -0.2) is 10.1 Å². The van der Waals surface area contributed by atoms with E-state index in [2.05, 4.69) is 5.32 Å². The van der Waals surface area contributed by atoms with Crippen LogP contribution in [0.1, 0.15) is 21.9 Å². The van der Waals surface area contributed by atoms with E-state index in [0.717, 1.165) is 10.5 Å². The van der Waals surface area contributed by atoms with Crippen LogP contribution in [0.2, 0.25) is 5.02 Å². The number of carbonyl (C=O) groups is 1. The summed E-state index contributed by atoms with van der Waals surface area (Å²) in [5, 5.41) is 3.43. The fourth-order valence-corrected chi connectivity index (χ4v) is 3.40. The lowest BCUT2D eigenvalue weighted by Crippen LogP contribution is -2.22. The van der Waals surface area contributed by atoms with Gasteiger partial charge in [-0.2, -0.15) is 0 Å². The normalized spacial score (nSPS) is 11.9. The van der Waals surface area contributed by atoms with Crippen LogP contribution in [0, 0.1) is 0 Å². The summed E-state index contributed by atoms with van der Waals surface area (Å²) in [4.78, 5) is 12.9. The number of halogens is 1. The molecule has 0 aliphatic rings. The molecule has 0 spiro atoms. The molecule has 0 aliphatic carbocycles. The predicted octanol–water partition coefficient (Wildman–Crippen LogP) is 4.17. The van der Waals surface area contributed by atoms with Crippen molar-refractivity contribution in [3.63, 3.8) is 0 Å². The average Bonchev–Trinajstić information content (AvgIpc) is 3.10. The van der Waals surface area contributed by atoms with E-state index in [0.29, 0.717) is 17.3 Å². The van der Waals surface area contributed by atoms with E-state index in [1.54, 1.807) is 36.4 Å². The first-order valence-corrected chi connectivity index (χ1v) is 9.36.